The standard InChI is InChI=1S/C24H24F3N7O/c25-24(26,27)23-14(2-6-22(30-23)33-9-15-7-16(15)10-33)11-34-12-19(31-32-34)20(35)8-13-1-4-18-17(13)3-5-21(28)29-18/h2-3,5-6,12-13,15-16H,1,4,7-11H2,(H2,28,29)/t13-,15?,16?/m0/s1. The van der Waals surface area contributed by atoms with E-state index in [-0.39, 0.29) is 35.9 Å². The molecule has 2 fully saturated rings. The normalized spacial score (nSPS) is 22.8. The first-order chi connectivity index (χ1) is 16.7. The molecular formula is C24H24F3N7O. The Morgan fingerprint density at radius 1 is 1.11 bits per heavy atom. The van der Waals surface area contributed by atoms with Gasteiger partial charge in [-0.15, -0.1) is 5.10 Å². The van der Waals surface area contributed by atoms with Gasteiger partial charge in [0, 0.05) is 30.8 Å². The Labute approximate surface area is 199 Å². The molecule has 2 N–H and O–H groups in total. The Morgan fingerprint density at radius 3 is 2.69 bits per heavy atom. The number of nitrogen functional groups attached to an aromatic ring is 1. The average molecular weight is 483 g/mol. The lowest BCUT2D eigenvalue weighted by Gasteiger charge is -2.21. The van der Waals surface area contributed by atoms with E-state index in [1.165, 1.54) is 16.9 Å². The van der Waals surface area contributed by atoms with Crippen molar-refractivity contribution in [2.45, 2.75) is 44.3 Å². The average Bonchev–Trinajstić information content (AvgIpc) is 3.17. The van der Waals surface area contributed by atoms with Crippen LogP contribution in [0.5, 0.6) is 0 Å². The molecule has 1 aliphatic heterocycles. The van der Waals surface area contributed by atoms with Crippen molar-refractivity contribution < 1.29 is 18.0 Å². The Kier molecular flexibility index (Phi) is 5.05. The molecular weight excluding hydrogens is 459 g/mol. The first-order valence-electron chi connectivity index (χ1n) is 11.8. The highest BCUT2D eigenvalue weighted by Gasteiger charge is 2.46. The highest BCUT2D eigenvalue weighted by molar-refractivity contribution is 5.94. The first kappa shape index (κ1) is 22.0. The van der Waals surface area contributed by atoms with Gasteiger partial charge in [0.05, 0.1) is 12.7 Å². The van der Waals surface area contributed by atoms with E-state index in [1.807, 2.05) is 11.0 Å². The first-order valence-corrected chi connectivity index (χ1v) is 11.8. The highest BCUT2D eigenvalue weighted by Crippen LogP contribution is 2.46. The molecule has 35 heavy (non-hydrogen) atoms. The third kappa shape index (κ3) is 4.23. The summed E-state index contributed by atoms with van der Waals surface area (Å²) in [5, 5.41) is 7.84. The fourth-order valence-electron chi connectivity index (χ4n) is 5.40. The molecule has 0 radical (unpaired) electrons. The lowest BCUT2D eigenvalue weighted by molar-refractivity contribution is -0.141. The van der Waals surface area contributed by atoms with E-state index in [0.717, 1.165) is 43.6 Å². The Bertz CT molecular complexity index is 1290. The van der Waals surface area contributed by atoms with Crippen LogP contribution >= 0.6 is 0 Å². The maximum Gasteiger partial charge on any atom is 0.433 e. The molecule has 6 rings (SSSR count). The van der Waals surface area contributed by atoms with Crippen molar-refractivity contribution in [3.8, 4) is 0 Å². The van der Waals surface area contributed by atoms with E-state index in [4.69, 9.17) is 5.73 Å². The molecule has 1 saturated heterocycles. The summed E-state index contributed by atoms with van der Waals surface area (Å²) >= 11 is 0. The van der Waals surface area contributed by atoms with Gasteiger partial charge in [-0.25, -0.2) is 14.6 Å². The number of aryl methyl sites for hydroxylation is 1. The van der Waals surface area contributed by atoms with Gasteiger partial charge in [-0.1, -0.05) is 17.3 Å². The number of nitrogens with zero attached hydrogens (tertiary/aromatic N) is 6. The van der Waals surface area contributed by atoms with Crippen molar-refractivity contribution in [3.05, 3.63) is 58.7 Å². The largest absolute Gasteiger partial charge is 0.433 e. The van der Waals surface area contributed by atoms with E-state index in [2.05, 4.69) is 20.3 Å². The van der Waals surface area contributed by atoms with Crippen molar-refractivity contribution in [2.75, 3.05) is 23.7 Å². The number of carbonyl (C=O) groups excluding carboxylic acids is 1. The predicted molar refractivity (Wildman–Crippen MR) is 121 cm³/mol. The van der Waals surface area contributed by atoms with Gasteiger partial charge < -0.3 is 10.6 Å². The molecule has 0 bridgehead atoms. The van der Waals surface area contributed by atoms with Crippen molar-refractivity contribution in [3.63, 3.8) is 0 Å². The molecule has 11 heteroatoms. The summed E-state index contributed by atoms with van der Waals surface area (Å²) in [6.07, 6.45) is -0.252. The number of alkyl halides is 3. The molecule has 1 saturated carbocycles. The lowest BCUT2D eigenvalue weighted by atomic mass is 9.95. The van der Waals surface area contributed by atoms with Gasteiger partial charge in [-0.3, -0.25) is 4.79 Å². The highest BCUT2D eigenvalue weighted by atomic mass is 19.4. The molecule has 3 aromatic heterocycles. The van der Waals surface area contributed by atoms with E-state index >= 15 is 0 Å². The second-order valence-corrected chi connectivity index (χ2v) is 9.77. The number of fused-ring (bicyclic) bond motifs is 2. The van der Waals surface area contributed by atoms with Crippen LogP contribution in [-0.2, 0) is 19.1 Å². The summed E-state index contributed by atoms with van der Waals surface area (Å²) in [5.41, 5.74) is 6.86. The number of carbonyl (C=O) groups is 1. The quantitative estimate of drug-likeness (QED) is 0.536. The number of halogens is 3. The Balaban J connectivity index is 1.17. The molecule has 3 aliphatic rings. The summed E-state index contributed by atoms with van der Waals surface area (Å²) in [4.78, 5) is 23.1. The summed E-state index contributed by atoms with van der Waals surface area (Å²) in [5.74, 6) is 1.80. The van der Waals surface area contributed by atoms with Crippen LogP contribution < -0.4 is 10.6 Å². The van der Waals surface area contributed by atoms with E-state index < -0.39 is 11.9 Å². The minimum atomic E-state index is -4.60. The van der Waals surface area contributed by atoms with Crippen LogP contribution in [0.15, 0.2) is 30.5 Å². The van der Waals surface area contributed by atoms with Crippen LogP contribution in [0.3, 0.4) is 0 Å². The number of Topliss-reactive ketones (excluding diaryl/α,β-unsaturated/α-hetero) is 1. The Morgan fingerprint density at radius 2 is 1.91 bits per heavy atom. The van der Waals surface area contributed by atoms with Gasteiger partial charge in [-0.2, -0.15) is 13.2 Å². The van der Waals surface area contributed by atoms with Crippen LogP contribution in [0.4, 0.5) is 24.8 Å². The second kappa shape index (κ2) is 8.03. The molecule has 2 aliphatic carbocycles. The SMILES string of the molecule is Nc1ccc2c(n1)CC[C@H]2CC(=O)c1cn(Cc2ccc(N3CC4CC4C3)nc2C(F)(F)F)nn1. The van der Waals surface area contributed by atoms with Crippen LogP contribution in [0.1, 0.15) is 58.2 Å². The molecule has 2 unspecified atom stereocenters. The van der Waals surface area contributed by atoms with E-state index in [0.29, 0.717) is 23.5 Å². The summed E-state index contributed by atoms with van der Waals surface area (Å²) in [7, 11) is 0. The van der Waals surface area contributed by atoms with E-state index in [1.54, 1.807) is 12.1 Å². The van der Waals surface area contributed by atoms with Gasteiger partial charge in [0.25, 0.3) is 0 Å². The number of aromatic nitrogens is 5. The van der Waals surface area contributed by atoms with Crippen LogP contribution in [0.2, 0.25) is 0 Å². The zero-order valence-electron chi connectivity index (χ0n) is 18.9. The maximum atomic E-state index is 13.8. The molecule has 0 aromatic carbocycles. The number of hydrogen-bond donors (Lipinski definition) is 1. The van der Waals surface area contributed by atoms with Gasteiger partial charge >= 0.3 is 6.18 Å². The molecule has 182 valence electrons. The third-order valence-corrected chi connectivity index (χ3v) is 7.32. The number of anilines is 2. The van der Waals surface area contributed by atoms with Gasteiger partial charge in [0.1, 0.15) is 17.3 Å². The fourth-order valence-corrected chi connectivity index (χ4v) is 5.40. The predicted octanol–water partition coefficient (Wildman–Crippen LogP) is 3.48. The smallest absolute Gasteiger partial charge is 0.384 e. The zero-order valence-corrected chi connectivity index (χ0v) is 18.9. The minimum Gasteiger partial charge on any atom is -0.384 e. The van der Waals surface area contributed by atoms with Gasteiger partial charge in [0.15, 0.2) is 11.5 Å². The molecule has 3 atom stereocenters. The monoisotopic (exact) mass is 483 g/mol. The number of rotatable bonds is 6. The summed E-state index contributed by atoms with van der Waals surface area (Å²) < 4.78 is 42.7. The lowest BCUT2D eigenvalue weighted by Crippen LogP contribution is -2.25. The number of nitrogens with two attached hydrogens (primary N) is 1. The zero-order chi connectivity index (χ0) is 24.3. The van der Waals surface area contributed by atoms with Gasteiger partial charge in [0.2, 0.25) is 0 Å². The molecule has 0 spiro atoms. The number of hydrogen-bond acceptors (Lipinski definition) is 7. The van der Waals surface area contributed by atoms with Gasteiger partial charge in [-0.05, 0) is 54.7 Å². The number of pyridine rings is 2. The van der Waals surface area contributed by atoms with Crippen molar-refractivity contribution >= 4 is 17.4 Å². The number of ketones is 1. The Hall–Kier alpha value is -3.50. The van der Waals surface area contributed by atoms with Crippen molar-refractivity contribution in [1.82, 2.24) is 25.0 Å². The van der Waals surface area contributed by atoms with Crippen molar-refractivity contribution in [2.24, 2.45) is 11.8 Å². The molecule has 3 aromatic rings. The summed E-state index contributed by atoms with van der Waals surface area (Å²) in [6, 6.07) is 6.71. The maximum absolute atomic E-state index is 13.8. The topological polar surface area (TPSA) is 103 Å². The summed E-state index contributed by atoms with van der Waals surface area (Å²) in [6.45, 7) is 1.35. The third-order valence-electron chi connectivity index (χ3n) is 7.32. The van der Waals surface area contributed by atoms with Crippen LogP contribution in [-0.4, -0.2) is 43.8 Å². The second-order valence-electron chi connectivity index (χ2n) is 9.77. The fraction of sp³-hybridized carbons (Fsp3) is 0.458. The molecule has 0 amide bonds. The number of piperidine rings is 1. The minimum absolute atomic E-state index is 0.0112. The molecule has 8 nitrogen and oxygen atoms in total. The molecule has 4 heterocycles. The van der Waals surface area contributed by atoms with E-state index in [9.17, 15) is 18.0 Å². The van der Waals surface area contributed by atoms with Crippen molar-refractivity contribution in [1.29, 1.82) is 0 Å². The van der Waals surface area contributed by atoms with Crippen LogP contribution in [0.25, 0.3) is 0 Å². The van der Waals surface area contributed by atoms with Crippen LogP contribution in [0, 0.1) is 11.8 Å².